The lowest BCUT2D eigenvalue weighted by atomic mass is 9.81. The summed E-state index contributed by atoms with van der Waals surface area (Å²) in [5, 5.41) is 4.46. The van der Waals surface area contributed by atoms with Gasteiger partial charge in [0.1, 0.15) is 0 Å². The van der Waals surface area contributed by atoms with Crippen molar-refractivity contribution in [2.75, 3.05) is 11.9 Å². The van der Waals surface area contributed by atoms with Crippen molar-refractivity contribution in [3.05, 3.63) is 64.7 Å². The van der Waals surface area contributed by atoms with E-state index in [1.807, 2.05) is 12.1 Å². The van der Waals surface area contributed by atoms with Crippen LogP contribution in [0.15, 0.2) is 48.5 Å². The largest absolute Gasteiger partial charge is 0.378 e. The van der Waals surface area contributed by atoms with Gasteiger partial charge in [0.15, 0.2) is 0 Å². The van der Waals surface area contributed by atoms with Gasteiger partial charge in [0.25, 0.3) is 0 Å². The Bertz CT molecular complexity index is 625. The Morgan fingerprint density at radius 1 is 1.05 bits per heavy atom. The molecular weight excluding hydrogens is 270 g/mol. The third-order valence-electron chi connectivity index (χ3n) is 4.37. The molecule has 20 heavy (non-hydrogen) atoms. The molecule has 0 aliphatic carbocycles. The molecule has 0 amide bonds. The van der Waals surface area contributed by atoms with Crippen molar-refractivity contribution in [2.24, 2.45) is 5.92 Å². The quantitative estimate of drug-likeness (QED) is 0.828. The summed E-state index contributed by atoms with van der Waals surface area (Å²) >= 11 is 6.00. The first-order valence-corrected chi connectivity index (χ1v) is 7.43. The number of para-hydroxylation sites is 1. The fourth-order valence-electron chi connectivity index (χ4n) is 3.42. The van der Waals surface area contributed by atoms with E-state index in [0.717, 1.165) is 18.1 Å². The normalized spacial score (nSPS) is 27.6. The lowest BCUT2D eigenvalue weighted by Gasteiger charge is -2.36. The van der Waals surface area contributed by atoms with Crippen molar-refractivity contribution in [3.8, 4) is 0 Å². The second-order valence-corrected chi connectivity index (χ2v) is 5.94. The van der Waals surface area contributed by atoms with Gasteiger partial charge in [0, 0.05) is 28.8 Å². The monoisotopic (exact) mass is 285 g/mol. The molecule has 1 saturated heterocycles. The molecule has 1 fully saturated rings. The van der Waals surface area contributed by atoms with E-state index in [-0.39, 0.29) is 6.10 Å². The van der Waals surface area contributed by atoms with Crippen LogP contribution in [-0.2, 0) is 4.74 Å². The summed E-state index contributed by atoms with van der Waals surface area (Å²) in [7, 11) is 0. The zero-order valence-electron chi connectivity index (χ0n) is 11.1. The summed E-state index contributed by atoms with van der Waals surface area (Å²) in [5.41, 5.74) is 3.76. The molecule has 2 aliphatic rings. The number of fused-ring (bicyclic) bond motifs is 3. The molecule has 0 saturated carbocycles. The molecule has 102 valence electrons. The van der Waals surface area contributed by atoms with E-state index in [4.69, 9.17) is 16.3 Å². The Kier molecular flexibility index (Phi) is 2.94. The van der Waals surface area contributed by atoms with Gasteiger partial charge in [-0.1, -0.05) is 41.9 Å². The van der Waals surface area contributed by atoms with Gasteiger partial charge >= 0.3 is 0 Å². The van der Waals surface area contributed by atoms with Crippen LogP contribution in [0.1, 0.15) is 29.7 Å². The number of halogens is 1. The molecule has 2 aromatic carbocycles. The summed E-state index contributed by atoms with van der Waals surface area (Å²) in [6.45, 7) is 0.843. The van der Waals surface area contributed by atoms with E-state index in [1.54, 1.807) is 0 Å². The second-order valence-electron chi connectivity index (χ2n) is 5.50. The molecule has 0 aromatic heterocycles. The Morgan fingerprint density at radius 2 is 1.85 bits per heavy atom. The van der Waals surface area contributed by atoms with Crippen molar-refractivity contribution < 1.29 is 4.74 Å². The van der Waals surface area contributed by atoms with Gasteiger partial charge in [-0.3, -0.25) is 0 Å². The van der Waals surface area contributed by atoms with Crippen molar-refractivity contribution in [1.29, 1.82) is 0 Å². The first-order chi connectivity index (χ1) is 9.83. The topological polar surface area (TPSA) is 21.3 Å². The van der Waals surface area contributed by atoms with Gasteiger partial charge in [0.2, 0.25) is 0 Å². The Hall–Kier alpha value is -1.51. The second kappa shape index (κ2) is 4.80. The fourth-order valence-corrected chi connectivity index (χ4v) is 3.55. The van der Waals surface area contributed by atoms with Crippen molar-refractivity contribution >= 4 is 17.3 Å². The van der Waals surface area contributed by atoms with E-state index in [2.05, 4.69) is 41.7 Å². The average Bonchev–Trinajstić information content (AvgIpc) is 2.97. The molecule has 1 N–H and O–H groups in total. The highest BCUT2D eigenvalue weighted by Gasteiger charge is 2.41. The molecule has 0 bridgehead atoms. The minimum atomic E-state index is 0.216. The van der Waals surface area contributed by atoms with Crippen LogP contribution in [0.5, 0.6) is 0 Å². The average molecular weight is 286 g/mol. The third kappa shape index (κ3) is 1.91. The molecule has 3 heteroatoms. The van der Waals surface area contributed by atoms with Gasteiger partial charge < -0.3 is 10.1 Å². The number of hydrogen-bond acceptors (Lipinski definition) is 2. The van der Waals surface area contributed by atoms with Crippen LogP contribution in [0.25, 0.3) is 0 Å². The Morgan fingerprint density at radius 3 is 2.70 bits per heavy atom. The van der Waals surface area contributed by atoms with Gasteiger partial charge in [-0.05, 0) is 30.2 Å². The smallest absolute Gasteiger partial charge is 0.0896 e. The molecule has 2 heterocycles. The molecule has 2 aliphatic heterocycles. The fraction of sp³-hybridized carbons (Fsp3) is 0.294. The van der Waals surface area contributed by atoms with E-state index in [9.17, 15) is 0 Å². The number of rotatable bonds is 1. The zero-order valence-corrected chi connectivity index (χ0v) is 11.8. The Balaban J connectivity index is 1.76. The first-order valence-electron chi connectivity index (χ1n) is 7.05. The van der Waals surface area contributed by atoms with Gasteiger partial charge in [0.05, 0.1) is 12.1 Å². The zero-order chi connectivity index (χ0) is 13.5. The Labute approximate surface area is 123 Å². The van der Waals surface area contributed by atoms with Crippen LogP contribution >= 0.6 is 11.6 Å². The molecular formula is C17H16ClNO. The van der Waals surface area contributed by atoms with Crippen LogP contribution in [0.3, 0.4) is 0 Å². The van der Waals surface area contributed by atoms with Crippen molar-refractivity contribution in [1.82, 2.24) is 0 Å². The van der Waals surface area contributed by atoms with E-state index in [1.165, 1.54) is 16.8 Å². The molecule has 0 spiro atoms. The summed E-state index contributed by atoms with van der Waals surface area (Å²) in [6, 6.07) is 16.9. The molecule has 0 unspecified atom stereocenters. The molecule has 3 atom stereocenters. The standard InChI is InChI=1S/C17H16ClNO/c18-12-7-5-11(6-8-12)16-14-9-10-20-17(14)13-3-1-2-4-15(13)19-16/h1-8,14,16-17,19H,9-10H2/t14-,16-,17-/m0/s1. The van der Waals surface area contributed by atoms with Crippen LogP contribution in [0, 0.1) is 5.92 Å². The molecule has 0 radical (unpaired) electrons. The van der Waals surface area contributed by atoms with Crippen molar-refractivity contribution in [2.45, 2.75) is 18.6 Å². The first kappa shape index (κ1) is 12.2. The van der Waals surface area contributed by atoms with Crippen LogP contribution in [0.4, 0.5) is 5.69 Å². The third-order valence-corrected chi connectivity index (χ3v) is 4.63. The number of benzene rings is 2. The van der Waals surface area contributed by atoms with Gasteiger partial charge in [-0.25, -0.2) is 0 Å². The number of nitrogens with one attached hydrogen (secondary N) is 1. The van der Waals surface area contributed by atoms with Crippen LogP contribution in [-0.4, -0.2) is 6.61 Å². The summed E-state index contributed by atoms with van der Waals surface area (Å²) in [6.07, 6.45) is 1.31. The lowest BCUT2D eigenvalue weighted by Crippen LogP contribution is -2.29. The maximum atomic E-state index is 6.00. The van der Waals surface area contributed by atoms with Gasteiger partial charge in [-0.2, -0.15) is 0 Å². The van der Waals surface area contributed by atoms with Crippen molar-refractivity contribution in [3.63, 3.8) is 0 Å². The molecule has 4 rings (SSSR count). The van der Waals surface area contributed by atoms with E-state index < -0.39 is 0 Å². The summed E-state index contributed by atoms with van der Waals surface area (Å²) in [5.74, 6) is 0.492. The van der Waals surface area contributed by atoms with E-state index >= 15 is 0 Å². The number of ether oxygens (including phenoxy) is 1. The number of hydrogen-bond donors (Lipinski definition) is 1. The predicted octanol–water partition coefficient (Wildman–Crippen LogP) is 4.58. The van der Waals surface area contributed by atoms with Gasteiger partial charge in [-0.15, -0.1) is 0 Å². The lowest BCUT2D eigenvalue weighted by molar-refractivity contribution is 0.0829. The number of anilines is 1. The highest BCUT2D eigenvalue weighted by molar-refractivity contribution is 6.30. The highest BCUT2D eigenvalue weighted by atomic mass is 35.5. The maximum absolute atomic E-state index is 6.00. The predicted molar refractivity (Wildman–Crippen MR) is 81.1 cm³/mol. The summed E-state index contributed by atoms with van der Waals surface area (Å²) < 4.78 is 5.99. The van der Waals surface area contributed by atoms with Crippen LogP contribution in [0.2, 0.25) is 5.02 Å². The minimum Gasteiger partial charge on any atom is -0.378 e. The summed E-state index contributed by atoms with van der Waals surface area (Å²) in [4.78, 5) is 0. The molecule has 2 aromatic rings. The molecule has 2 nitrogen and oxygen atoms in total. The maximum Gasteiger partial charge on any atom is 0.0896 e. The van der Waals surface area contributed by atoms with E-state index in [0.29, 0.717) is 12.0 Å². The van der Waals surface area contributed by atoms with Crippen LogP contribution < -0.4 is 5.32 Å². The highest BCUT2D eigenvalue weighted by Crippen LogP contribution is 2.49. The SMILES string of the molecule is Clc1ccc([C@@H]2Nc3ccccc3[C@@H]3OCC[C@@H]23)cc1. The minimum absolute atomic E-state index is 0.216.